The average molecular weight is 445 g/mol. The molecule has 0 aliphatic rings. The van der Waals surface area contributed by atoms with Crippen LogP contribution in [0.25, 0.3) is 11.0 Å². The van der Waals surface area contributed by atoms with Crippen LogP contribution in [-0.2, 0) is 25.1 Å². The molecule has 2 aromatic carbocycles. The fourth-order valence-corrected chi connectivity index (χ4v) is 3.86. The van der Waals surface area contributed by atoms with Gasteiger partial charge in [0.1, 0.15) is 5.58 Å². The van der Waals surface area contributed by atoms with E-state index in [-0.39, 0.29) is 28.1 Å². The highest BCUT2D eigenvalue weighted by Gasteiger charge is 2.24. The molecule has 162 valence electrons. The van der Waals surface area contributed by atoms with Gasteiger partial charge in [-0.3, -0.25) is 4.79 Å². The van der Waals surface area contributed by atoms with E-state index in [4.69, 9.17) is 4.42 Å². The number of ether oxygens (including phenoxy) is 2. The molecular formula is C21H19NO8S. The predicted molar refractivity (Wildman–Crippen MR) is 112 cm³/mol. The van der Waals surface area contributed by atoms with Crippen molar-refractivity contribution in [2.75, 3.05) is 25.8 Å². The van der Waals surface area contributed by atoms with Crippen LogP contribution in [0.3, 0.4) is 0 Å². The summed E-state index contributed by atoms with van der Waals surface area (Å²) in [5.74, 6) is -2.77. The third kappa shape index (κ3) is 4.92. The van der Waals surface area contributed by atoms with Crippen LogP contribution >= 0.6 is 0 Å². The summed E-state index contributed by atoms with van der Waals surface area (Å²) in [6.07, 6.45) is 1.05. The van der Waals surface area contributed by atoms with Crippen LogP contribution in [0.1, 0.15) is 36.8 Å². The fourth-order valence-electron chi connectivity index (χ4n) is 3.05. The number of rotatable bonds is 6. The monoisotopic (exact) mass is 445 g/mol. The number of amides is 1. The van der Waals surface area contributed by atoms with Gasteiger partial charge >= 0.3 is 11.9 Å². The molecule has 10 heteroatoms. The molecule has 0 aliphatic heterocycles. The van der Waals surface area contributed by atoms with Gasteiger partial charge in [0, 0.05) is 22.9 Å². The Bertz CT molecular complexity index is 1260. The van der Waals surface area contributed by atoms with Crippen molar-refractivity contribution in [2.24, 2.45) is 0 Å². The number of furan rings is 1. The molecule has 0 radical (unpaired) electrons. The van der Waals surface area contributed by atoms with Gasteiger partial charge in [0.05, 0.1) is 31.1 Å². The summed E-state index contributed by atoms with van der Waals surface area (Å²) < 4.78 is 38.8. The van der Waals surface area contributed by atoms with Crippen LogP contribution < -0.4 is 5.32 Å². The Hall–Kier alpha value is -3.66. The van der Waals surface area contributed by atoms with Gasteiger partial charge in [-0.25, -0.2) is 18.0 Å². The predicted octanol–water partition coefficient (Wildman–Crippen LogP) is 2.80. The number of anilines is 1. The van der Waals surface area contributed by atoms with Crippen LogP contribution in [0.2, 0.25) is 0 Å². The number of sulfone groups is 1. The van der Waals surface area contributed by atoms with Crippen molar-refractivity contribution in [1.29, 1.82) is 0 Å². The lowest BCUT2D eigenvalue weighted by Gasteiger charge is -2.09. The van der Waals surface area contributed by atoms with Gasteiger partial charge in [0.2, 0.25) is 0 Å². The minimum absolute atomic E-state index is 0.0154. The van der Waals surface area contributed by atoms with E-state index in [9.17, 15) is 22.8 Å². The molecule has 9 nitrogen and oxygen atoms in total. The van der Waals surface area contributed by atoms with Gasteiger partial charge in [-0.15, -0.1) is 0 Å². The highest BCUT2D eigenvalue weighted by molar-refractivity contribution is 7.89. The Labute approximate surface area is 177 Å². The third-order valence-electron chi connectivity index (χ3n) is 4.34. The smallest absolute Gasteiger partial charge is 0.337 e. The summed E-state index contributed by atoms with van der Waals surface area (Å²) in [7, 11) is -1.12. The van der Waals surface area contributed by atoms with E-state index in [1.165, 1.54) is 32.4 Å². The summed E-state index contributed by atoms with van der Waals surface area (Å²) in [6, 6.07) is 10.6. The maximum absolute atomic E-state index is 13.0. The lowest BCUT2D eigenvalue weighted by molar-refractivity contribution is 0.0598. The number of hydrogen-bond acceptors (Lipinski definition) is 8. The molecule has 3 aromatic rings. The number of hydrogen-bond donors (Lipinski definition) is 1. The molecule has 31 heavy (non-hydrogen) atoms. The zero-order valence-electron chi connectivity index (χ0n) is 16.9. The van der Waals surface area contributed by atoms with Crippen molar-refractivity contribution in [3.05, 3.63) is 64.9 Å². The maximum Gasteiger partial charge on any atom is 0.337 e. The first-order valence-electron chi connectivity index (χ1n) is 8.94. The molecule has 1 N–H and O–H groups in total. The molecule has 3 rings (SSSR count). The quantitative estimate of drug-likeness (QED) is 0.574. The molecule has 1 heterocycles. The van der Waals surface area contributed by atoms with Gasteiger partial charge in [-0.2, -0.15) is 0 Å². The minimum Gasteiger partial charge on any atom is -0.465 e. The molecule has 0 fully saturated rings. The second-order valence-electron chi connectivity index (χ2n) is 6.71. The summed E-state index contributed by atoms with van der Waals surface area (Å²) >= 11 is 0. The van der Waals surface area contributed by atoms with Gasteiger partial charge in [-0.1, -0.05) is 18.2 Å². The molecule has 0 aliphatic carbocycles. The van der Waals surface area contributed by atoms with Crippen molar-refractivity contribution in [1.82, 2.24) is 0 Å². The number of nitrogens with one attached hydrogen (secondary N) is 1. The molecule has 0 atom stereocenters. The van der Waals surface area contributed by atoms with Crippen molar-refractivity contribution in [2.45, 2.75) is 5.75 Å². The first-order valence-corrected chi connectivity index (χ1v) is 11.0. The lowest BCUT2D eigenvalue weighted by Crippen LogP contribution is -2.16. The minimum atomic E-state index is -3.47. The molecule has 0 unspecified atom stereocenters. The van der Waals surface area contributed by atoms with Gasteiger partial charge in [0.25, 0.3) is 5.91 Å². The fraction of sp³-hybridized carbons (Fsp3) is 0.190. The Morgan fingerprint density at radius 3 is 2.10 bits per heavy atom. The lowest BCUT2D eigenvalue weighted by atomic mass is 10.1. The van der Waals surface area contributed by atoms with Gasteiger partial charge in [0.15, 0.2) is 15.6 Å². The summed E-state index contributed by atoms with van der Waals surface area (Å²) in [4.78, 5) is 36.8. The average Bonchev–Trinajstić information content (AvgIpc) is 3.09. The standard InChI is InChI=1S/C21H19NO8S/c1-28-20(24)12-8-13(21(25)29-2)10-14(9-12)22-19(23)18-16(11-31(3,26)27)15-6-4-5-7-17(15)30-18/h4-10H,11H2,1-3H3,(H,22,23). The summed E-state index contributed by atoms with van der Waals surface area (Å²) in [6.45, 7) is 0. The summed E-state index contributed by atoms with van der Waals surface area (Å²) in [5, 5.41) is 3.04. The molecule has 0 spiro atoms. The first kappa shape index (κ1) is 22.0. The number of benzene rings is 2. The highest BCUT2D eigenvalue weighted by Crippen LogP contribution is 2.28. The number of carbonyl (C=O) groups excluding carboxylic acids is 3. The molecule has 0 saturated carbocycles. The number of para-hydroxylation sites is 1. The second-order valence-corrected chi connectivity index (χ2v) is 8.85. The Kier molecular flexibility index (Phi) is 6.11. The van der Waals surface area contributed by atoms with E-state index in [2.05, 4.69) is 14.8 Å². The molecule has 1 aromatic heterocycles. The topological polar surface area (TPSA) is 129 Å². The van der Waals surface area contributed by atoms with Crippen LogP contribution in [-0.4, -0.2) is 46.7 Å². The van der Waals surface area contributed by atoms with Crippen LogP contribution in [0.5, 0.6) is 0 Å². The number of carbonyl (C=O) groups is 3. The molecule has 1 amide bonds. The van der Waals surface area contributed by atoms with Crippen LogP contribution in [0.4, 0.5) is 5.69 Å². The van der Waals surface area contributed by atoms with E-state index in [0.29, 0.717) is 11.0 Å². The van der Waals surface area contributed by atoms with Crippen LogP contribution in [0.15, 0.2) is 46.9 Å². The highest BCUT2D eigenvalue weighted by atomic mass is 32.2. The Balaban J connectivity index is 2.05. The van der Waals surface area contributed by atoms with Crippen molar-refractivity contribution < 1.29 is 36.7 Å². The van der Waals surface area contributed by atoms with E-state index >= 15 is 0 Å². The number of esters is 2. The molecular weight excluding hydrogens is 426 g/mol. The normalized spacial score (nSPS) is 11.2. The van der Waals surface area contributed by atoms with Crippen molar-refractivity contribution in [3.63, 3.8) is 0 Å². The second kappa shape index (κ2) is 8.60. The van der Waals surface area contributed by atoms with E-state index in [1.807, 2.05) is 0 Å². The van der Waals surface area contributed by atoms with E-state index in [0.717, 1.165) is 6.26 Å². The SMILES string of the molecule is COC(=O)c1cc(NC(=O)c2oc3ccccc3c2CS(C)(=O)=O)cc(C(=O)OC)c1. The number of fused-ring (bicyclic) bond motifs is 1. The van der Waals surface area contributed by atoms with Crippen LogP contribution in [0, 0.1) is 0 Å². The third-order valence-corrected chi connectivity index (χ3v) is 5.16. The van der Waals surface area contributed by atoms with Crippen molar-refractivity contribution in [3.8, 4) is 0 Å². The van der Waals surface area contributed by atoms with Gasteiger partial charge in [-0.05, 0) is 24.3 Å². The van der Waals surface area contributed by atoms with E-state index in [1.54, 1.807) is 24.3 Å². The molecule has 0 saturated heterocycles. The Morgan fingerprint density at radius 1 is 0.968 bits per heavy atom. The molecule has 0 bridgehead atoms. The first-order chi connectivity index (χ1) is 14.6. The number of methoxy groups -OCH3 is 2. The largest absolute Gasteiger partial charge is 0.465 e. The van der Waals surface area contributed by atoms with E-state index < -0.39 is 33.4 Å². The van der Waals surface area contributed by atoms with Gasteiger partial charge < -0.3 is 19.2 Å². The Morgan fingerprint density at radius 2 is 1.55 bits per heavy atom. The summed E-state index contributed by atoms with van der Waals surface area (Å²) in [5.41, 5.74) is 0.695. The zero-order chi connectivity index (χ0) is 22.8. The zero-order valence-corrected chi connectivity index (χ0v) is 17.7. The maximum atomic E-state index is 13.0. The van der Waals surface area contributed by atoms with Crippen molar-refractivity contribution >= 4 is 44.3 Å².